The summed E-state index contributed by atoms with van der Waals surface area (Å²) in [5.41, 5.74) is 0.899. The number of aryl methyl sites for hydroxylation is 1. The fourth-order valence-electron chi connectivity index (χ4n) is 0.684. The molecule has 1 heterocycles. The quantitative estimate of drug-likeness (QED) is 0.446. The van der Waals surface area contributed by atoms with Gasteiger partial charge in [0, 0.05) is 19.2 Å². The molecule has 0 fully saturated rings. The SMILES string of the molecule is C=CC(=O)OC.CC(=O)n1cc(I)c(C)n1. The molecule has 88 valence electrons. The minimum atomic E-state index is -0.394. The molecule has 0 unspecified atom stereocenters. The van der Waals surface area contributed by atoms with Crippen molar-refractivity contribution in [2.24, 2.45) is 0 Å². The van der Waals surface area contributed by atoms with Crippen molar-refractivity contribution in [3.8, 4) is 0 Å². The van der Waals surface area contributed by atoms with Crippen LogP contribution < -0.4 is 0 Å². The Morgan fingerprint density at radius 2 is 2.19 bits per heavy atom. The molecule has 1 aromatic rings. The topological polar surface area (TPSA) is 61.2 Å². The number of ether oxygens (including phenoxy) is 1. The molecule has 0 aliphatic rings. The maximum absolute atomic E-state index is 10.7. The number of methoxy groups -OCH3 is 1. The molecule has 0 aliphatic carbocycles. The Bertz CT molecular complexity index is 379. The van der Waals surface area contributed by atoms with E-state index in [0.29, 0.717) is 0 Å². The molecule has 0 saturated carbocycles. The number of halogens is 1. The Hall–Kier alpha value is -1.18. The number of nitrogens with zero attached hydrogens (tertiary/aromatic N) is 2. The van der Waals surface area contributed by atoms with E-state index in [1.54, 1.807) is 6.20 Å². The fraction of sp³-hybridized carbons (Fsp3) is 0.300. The first-order valence-electron chi connectivity index (χ1n) is 4.35. The van der Waals surface area contributed by atoms with E-state index in [2.05, 4.69) is 39.0 Å². The average Bonchev–Trinajstić information content (AvgIpc) is 2.59. The van der Waals surface area contributed by atoms with Gasteiger partial charge in [0.2, 0.25) is 5.91 Å². The van der Waals surface area contributed by atoms with E-state index in [1.807, 2.05) is 6.92 Å². The molecule has 0 N–H and O–H groups in total. The van der Waals surface area contributed by atoms with Crippen LogP contribution in [0, 0.1) is 10.5 Å². The van der Waals surface area contributed by atoms with E-state index in [9.17, 15) is 9.59 Å². The van der Waals surface area contributed by atoms with Gasteiger partial charge in [-0.3, -0.25) is 4.79 Å². The van der Waals surface area contributed by atoms with Crippen LogP contribution in [0.2, 0.25) is 0 Å². The van der Waals surface area contributed by atoms with Crippen LogP contribution >= 0.6 is 22.6 Å². The van der Waals surface area contributed by atoms with E-state index in [1.165, 1.54) is 18.7 Å². The molecule has 0 aliphatic heterocycles. The monoisotopic (exact) mass is 336 g/mol. The van der Waals surface area contributed by atoms with Crippen molar-refractivity contribution in [2.75, 3.05) is 7.11 Å². The summed E-state index contributed by atoms with van der Waals surface area (Å²) in [6.07, 6.45) is 2.83. The molecule has 0 saturated heterocycles. The lowest BCUT2D eigenvalue weighted by atomic mass is 10.5. The third-order valence-corrected chi connectivity index (χ3v) is 2.59. The Balaban J connectivity index is 0.000000325. The van der Waals surface area contributed by atoms with Gasteiger partial charge in [0.05, 0.1) is 16.4 Å². The highest BCUT2D eigenvalue weighted by atomic mass is 127. The zero-order valence-electron chi connectivity index (χ0n) is 9.36. The van der Waals surface area contributed by atoms with Gasteiger partial charge >= 0.3 is 5.97 Å². The van der Waals surface area contributed by atoms with Gasteiger partial charge in [-0.1, -0.05) is 6.58 Å². The van der Waals surface area contributed by atoms with Crippen molar-refractivity contribution in [1.82, 2.24) is 9.78 Å². The summed E-state index contributed by atoms with van der Waals surface area (Å²) in [6.45, 7) is 6.52. The Kier molecular flexibility index (Phi) is 6.63. The highest BCUT2D eigenvalue weighted by Gasteiger charge is 2.02. The maximum atomic E-state index is 10.7. The fourth-order valence-corrected chi connectivity index (χ4v) is 1.06. The van der Waals surface area contributed by atoms with Crippen LogP contribution in [0.1, 0.15) is 17.4 Å². The molecular weight excluding hydrogens is 323 g/mol. The van der Waals surface area contributed by atoms with Crippen LogP contribution in [-0.2, 0) is 9.53 Å². The van der Waals surface area contributed by atoms with Gasteiger partial charge in [0.1, 0.15) is 0 Å². The normalized spacial score (nSPS) is 8.75. The molecule has 16 heavy (non-hydrogen) atoms. The van der Waals surface area contributed by atoms with Gasteiger partial charge in [0.25, 0.3) is 0 Å². The standard InChI is InChI=1S/C6H7IN2O.C4H6O2/c1-4-6(7)3-9(8-4)5(2)10;1-3-4(5)6-2/h3H,1-2H3;3H,1H2,2H3. The number of carbonyl (C=O) groups is 2. The van der Waals surface area contributed by atoms with Gasteiger partial charge in [0.15, 0.2) is 0 Å². The number of rotatable bonds is 1. The Morgan fingerprint density at radius 3 is 2.31 bits per heavy atom. The molecule has 0 radical (unpaired) electrons. The van der Waals surface area contributed by atoms with Crippen LogP contribution in [0.4, 0.5) is 0 Å². The average molecular weight is 336 g/mol. The predicted molar refractivity (Wildman–Crippen MR) is 68.2 cm³/mol. The smallest absolute Gasteiger partial charge is 0.329 e. The largest absolute Gasteiger partial charge is 0.466 e. The summed E-state index contributed by atoms with van der Waals surface area (Å²) < 4.78 is 6.51. The van der Waals surface area contributed by atoms with E-state index < -0.39 is 5.97 Å². The summed E-state index contributed by atoms with van der Waals surface area (Å²) in [5, 5.41) is 3.97. The predicted octanol–water partition coefficient (Wildman–Crippen LogP) is 1.80. The van der Waals surface area contributed by atoms with Crippen LogP contribution in [0.5, 0.6) is 0 Å². The number of aromatic nitrogens is 2. The number of hydrogen-bond donors (Lipinski definition) is 0. The highest BCUT2D eigenvalue weighted by molar-refractivity contribution is 14.1. The van der Waals surface area contributed by atoms with Crippen LogP contribution in [-0.4, -0.2) is 28.8 Å². The number of esters is 1. The first-order valence-corrected chi connectivity index (χ1v) is 5.43. The summed E-state index contributed by atoms with van der Waals surface area (Å²) in [6, 6.07) is 0. The third kappa shape index (κ3) is 5.06. The molecule has 5 nitrogen and oxygen atoms in total. The van der Waals surface area contributed by atoms with Crippen molar-refractivity contribution < 1.29 is 14.3 Å². The Labute approximate surface area is 108 Å². The third-order valence-electron chi connectivity index (χ3n) is 1.53. The molecule has 0 spiro atoms. The molecule has 0 amide bonds. The van der Waals surface area contributed by atoms with E-state index in [0.717, 1.165) is 15.3 Å². The minimum Gasteiger partial charge on any atom is -0.466 e. The van der Waals surface area contributed by atoms with Gasteiger partial charge in [-0.2, -0.15) is 5.10 Å². The van der Waals surface area contributed by atoms with Gasteiger partial charge in [-0.25, -0.2) is 9.48 Å². The molecule has 1 aromatic heterocycles. The van der Waals surface area contributed by atoms with Gasteiger partial charge in [-0.15, -0.1) is 0 Å². The Morgan fingerprint density at radius 1 is 1.62 bits per heavy atom. The van der Waals surface area contributed by atoms with Gasteiger partial charge < -0.3 is 4.74 Å². The van der Waals surface area contributed by atoms with E-state index in [4.69, 9.17) is 0 Å². The van der Waals surface area contributed by atoms with Crippen molar-refractivity contribution >= 4 is 34.5 Å². The van der Waals surface area contributed by atoms with E-state index in [-0.39, 0.29) is 5.91 Å². The van der Waals surface area contributed by atoms with Crippen molar-refractivity contribution in [3.05, 3.63) is 28.1 Å². The molecule has 0 bridgehead atoms. The zero-order valence-corrected chi connectivity index (χ0v) is 11.5. The summed E-state index contributed by atoms with van der Waals surface area (Å²) >= 11 is 2.14. The van der Waals surface area contributed by atoms with Gasteiger partial charge in [-0.05, 0) is 29.5 Å². The van der Waals surface area contributed by atoms with Crippen LogP contribution in [0.15, 0.2) is 18.9 Å². The van der Waals surface area contributed by atoms with Crippen molar-refractivity contribution in [3.63, 3.8) is 0 Å². The second-order valence-corrected chi connectivity index (χ2v) is 3.92. The van der Waals surface area contributed by atoms with E-state index >= 15 is 0 Å². The zero-order chi connectivity index (χ0) is 12.7. The van der Waals surface area contributed by atoms with Crippen molar-refractivity contribution in [1.29, 1.82) is 0 Å². The second kappa shape index (κ2) is 7.15. The number of hydrogen-bond acceptors (Lipinski definition) is 4. The lowest BCUT2D eigenvalue weighted by Gasteiger charge is -1.88. The lowest BCUT2D eigenvalue weighted by Crippen LogP contribution is -2.05. The molecule has 6 heteroatoms. The number of carbonyl (C=O) groups excluding carboxylic acids is 2. The highest BCUT2D eigenvalue weighted by Crippen LogP contribution is 2.07. The maximum Gasteiger partial charge on any atom is 0.329 e. The first kappa shape index (κ1) is 14.8. The molecular formula is C10H13IN2O3. The molecule has 1 rings (SSSR count). The molecule has 0 aromatic carbocycles. The van der Waals surface area contributed by atoms with Crippen molar-refractivity contribution in [2.45, 2.75) is 13.8 Å². The summed E-state index contributed by atoms with van der Waals surface area (Å²) in [7, 11) is 1.31. The first-order chi connectivity index (χ1) is 7.42. The lowest BCUT2D eigenvalue weighted by molar-refractivity contribution is -0.134. The minimum absolute atomic E-state index is 0.0500. The van der Waals surface area contributed by atoms with Crippen LogP contribution in [0.25, 0.3) is 0 Å². The second-order valence-electron chi connectivity index (χ2n) is 2.75. The van der Waals surface area contributed by atoms with Crippen LogP contribution in [0.3, 0.4) is 0 Å². The summed E-state index contributed by atoms with van der Waals surface area (Å²) in [4.78, 5) is 20.5. The molecule has 0 atom stereocenters. The summed E-state index contributed by atoms with van der Waals surface area (Å²) in [5.74, 6) is -0.444.